The van der Waals surface area contributed by atoms with Crippen LogP contribution in [-0.4, -0.2) is 38.0 Å². The monoisotopic (exact) mass is 187 g/mol. The molecule has 2 amide bonds. The van der Waals surface area contributed by atoms with E-state index in [2.05, 4.69) is 16.0 Å². The van der Waals surface area contributed by atoms with Gasteiger partial charge in [-0.05, 0) is 6.92 Å². The third-order valence-electron chi connectivity index (χ3n) is 1.34. The fraction of sp³-hybridized carbons (Fsp3) is 0.750. The van der Waals surface area contributed by atoms with Gasteiger partial charge in [-0.2, -0.15) is 0 Å². The molecule has 0 aliphatic heterocycles. The minimum atomic E-state index is -0.0557. The lowest BCUT2D eigenvalue weighted by Gasteiger charge is -2.04. The van der Waals surface area contributed by atoms with Crippen molar-refractivity contribution in [2.45, 2.75) is 13.8 Å². The van der Waals surface area contributed by atoms with Gasteiger partial charge in [-0.15, -0.1) is 0 Å². The standard InChI is InChI=1S/C8H17N3O2/c1-3-10-8(13)6-9-4-5-11-7(2)12/h9H,3-6H2,1-2H3,(H,10,13)(H,11,12). The summed E-state index contributed by atoms with van der Waals surface area (Å²) in [7, 11) is 0. The minimum absolute atomic E-state index is 0.0228. The molecule has 5 heteroatoms. The largest absolute Gasteiger partial charge is 0.355 e. The van der Waals surface area contributed by atoms with Gasteiger partial charge in [-0.3, -0.25) is 9.59 Å². The lowest BCUT2D eigenvalue weighted by Crippen LogP contribution is -2.37. The molecule has 5 nitrogen and oxygen atoms in total. The average Bonchev–Trinajstić information content (AvgIpc) is 2.03. The molecule has 0 fully saturated rings. The van der Waals surface area contributed by atoms with Gasteiger partial charge in [-0.1, -0.05) is 0 Å². The molecule has 0 spiro atoms. The highest BCUT2D eigenvalue weighted by molar-refractivity contribution is 5.77. The summed E-state index contributed by atoms with van der Waals surface area (Å²) in [5.74, 6) is -0.0786. The molecule has 0 atom stereocenters. The SMILES string of the molecule is CCNC(=O)CNCCNC(C)=O. The highest BCUT2D eigenvalue weighted by atomic mass is 16.2. The molecule has 0 aliphatic carbocycles. The number of likely N-dealkylation sites (N-methyl/N-ethyl adjacent to an activating group) is 1. The molecule has 0 aromatic rings. The van der Waals surface area contributed by atoms with Crippen molar-refractivity contribution in [2.75, 3.05) is 26.2 Å². The predicted molar refractivity (Wildman–Crippen MR) is 50.2 cm³/mol. The molecular weight excluding hydrogens is 170 g/mol. The van der Waals surface area contributed by atoms with Crippen LogP contribution in [-0.2, 0) is 9.59 Å². The fourth-order valence-electron chi connectivity index (χ4n) is 0.789. The van der Waals surface area contributed by atoms with E-state index in [9.17, 15) is 9.59 Å². The molecule has 0 unspecified atom stereocenters. The van der Waals surface area contributed by atoms with Gasteiger partial charge in [-0.25, -0.2) is 0 Å². The van der Waals surface area contributed by atoms with Gasteiger partial charge in [0.25, 0.3) is 0 Å². The highest BCUT2D eigenvalue weighted by Crippen LogP contribution is 1.64. The van der Waals surface area contributed by atoms with Crippen molar-refractivity contribution in [3.05, 3.63) is 0 Å². The zero-order chi connectivity index (χ0) is 10.1. The van der Waals surface area contributed by atoms with E-state index < -0.39 is 0 Å². The Morgan fingerprint density at radius 3 is 2.38 bits per heavy atom. The summed E-state index contributed by atoms with van der Waals surface area (Å²) < 4.78 is 0. The number of carbonyl (C=O) groups excluding carboxylic acids is 2. The summed E-state index contributed by atoms with van der Waals surface area (Å²) in [4.78, 5) is 21.3. The van der Waals surface area contributed by atoms with E-state index in [-0.39, 0.29) is 11.8 Å². The molecule has 0 bridgehead atoms. The van der Waals surface area contributed by atoms with Gasteiger partial charge < -0.3 is 16.0 Å². The third-order valence-corrected chi connectivity index (χ3v) is 1.34. The van der Waals surface area contributed by atoms with E-state index in [0.29, 0.717) is 26.2 Å². The maximum atomic E-state index is 10.9. The fourth-order valence-corrected chi connectivity index (χ4v) is 0.789. The Labute approximate surface area is 78.3 Å². The first kappa shape index (κ1) is 11.9. The molecule has 0 radical (unpaired) electrons. The van der Waals surface area contributed by atoms with Crippen LogP contribution in [0.15, 0.2) is 0 Å². The van der Waals surface area contributed by atoms with E-state index in [0.717, 1.165) is 0 Å². The average molecular weight is 187 g/mol. The van der Waals surface area contributed by atoms with Gasteiger partial charge in [0.05, 0.1) is 6.54 Å². The summed E-state index contributed by atoms with van der Waals surface area (Å²) >= 11 is 0. The summed E-state index contributed by atoms with van der Waals surface area (Å²) in [6.45, 7) is 5.43. The molecule has 3 N–H and O–H groups in total. The molecule has 0 aromatic carbocycles. The number of carbonyl (C=O) groups is 2. The molecule has 76 valence electrons. The zero-order valence-corrected chi connectivity index (χ0v) is 8.14. The van der Waals surface area contributed by atoms with E-state index in [1.54, 1.807) is 0 Å². The number of rotatable bonds is 6. The maximum Gasteiger partial charge on any atom is 0.233 e. The molecule has 0 heterocycles. The van der Waals surface area contributed by atoms with Crippen LogP contribution in [0.5, 0.6) is 0 Å². The second-order valence-electron chi connectivity index (χ2n) is 2.61. The van der Waals surface area contributed by atoms with Crippen LogP contribution in [0.2, 0.25) is 0 Å². The van der Waals surface area contributed by atoms with Crippen LogP contribution < -0.4 is 16.0 Å². The molecule has 0 aromatic heterocycles. The van der Waals surface area contributed by atoms with Crippen molar-refractivity contribution in [3.8, 4) is 0 Å². The van der Waals surface area contributed by atoms with E-state index in [1.165, 1.54) is 6.92 Å². The van der Waals surface area contributed by atoms with Crippen LogP contribution in [0.3, 0.4) is 0 Å². The number of amides is 2. The number of nitrogens with one attached hydrogen (secondary N) is 3. The topological polar surface area (TPSA) is 70.2 Å². The van der Waals surface area contributed by atoms with Gasteiger partial charge in [0, 0.05) is 26.6 Å². The molecule has 0 aliphatic rings. The van der Waals surface area contributed by atoms with E-state index in [4.69, 9.17) is 0 Å². The van der Waals surface area contributed by atoms with Crippen molar-refractivity contribution in [1.29, 1.82) is 0 Å². The van der Waals surface area contributed by atoms with Crippen molar-refractivity contribution in [2.24, 2.45) is 0 Å². The summed E-state index contributed by atoms with van der Waals surface area (Å²) in [5.41, 5.74) is 0. The normalized spacial score (nSPS) is 9.38. The Morgan fingerprint density at radius 1 is 1.15 bits per heavy atom. The first-order valence-electron chi connectivity index (χ1n) is 4.38. The van der Waals surface area contributed by atoms with Crippen LogP contribution in [0.1, 0.15) is 13.8 Å². The summed E-state index contributed by atoms with van der Waals surface area (Å²) in [6, 6.07) is 0. The maximum absolute atomic E-state index is 10.9. The second kappa shape index (κ2) is 7.54. The van der Waals surface area contributed by atoms with Crippen LogP contribution in [0.25, 0.3) is 0 Å². The van der Waals surface area contributed by atoms with E-state index >= 15 is 0 Å². The molecule has 0 saturated heterocycles. The molecular formula is C8H17N3O2. The van der Waals surface area contributed by atoms with Crippen LogP contribution >= 0.6 is 0 Å². The van der Waals surface area contributed by atoms with Gasteiger partial charge in [0.15, 0.2) is 0 Å². The highest BCUT2D eigenvalue weighted by Gasteiger charge is 1.96. The van der Waals surface area contributed by atoms with Crippen LogP contribution in [0, 0.1) is 0 Å². The number of hydrogen-bond donors (Lipinski definition) is 3. The van der Waals surface area contributed by atoms with Crippen molar-refractivity contribution < 1.29 is 9.59 Å². The Hall–Kier alpha value is -1.10. The predicted octanol–water partition coefficient (Wildman–Crippen LogP) is -1.15. The third kappa shape index (κ3) is 8.81. The Morgan fingerprint density at radius 2 is 1.85 bits per heavy atom. The molecule has 0 saturated carbocycles. The first-order valence-corrected chi connectivity index (χ1v) is 4.38. The second-order valence-corrected chi connectivity index (χ2v) is 2.61. The van der Waals surface area contributed by atoms with Gasteiger partial charge in [0.1, 0.15) is 0 Å². The molecule has 13 heavy (non-hydrogen) atoms. The Balaban J connectivity index is 3.16. The van der Waals surface area contributed by atoms with Crippen molar-refractivity contribution in [3.63, 3.8) is 0 Å². The minimum Gasteiger partial charge on any atom is -0.355 e. The lowest BCUT2D eigenvalue weighted by atomic mass is 10.5. The number of hydrogen-bond acceptors (Lipinski definition) is 3. The zero-order valence-electron chi connectivity index (χ0n) is 8.14. The van der Waals surface area contributed by atoms with E-state index in [1.807, 2.05) is 6.92 Å². The smallest absolute Gasteiger partial charge is 0.233 e. The molecule has 0 rings (SSSR count). The van der Waals surface area contributed by atoms with Gasteiger partial charge in [0.2, 0.25) is 11.8 Å². The quantitative estimate of drug-likeness (QED) is 0.460. The van der Waals surface area contributed by atoms with Crippen molar-refractivity contribution >= 4 is 11.8 Å². The summed E-state index contributed by atoms with van der Waals surface area (Å²) in [5, 5.41) is 8.17. The van der Waals surface area contributed by atoms with Gasteiger partial charge >= 0.3 is 0 Å². The Kier molecular flexibility index (Phi) is 6.91. The van der Waals surface area contributed by atoms with Crippen LogP contribution in [0.4, 0.5) is 0 Å². The lowest BCUT2D eigenvalue weighted by molar-refractivity contribution is -0.120. The van der Waals surface area contributed by atoms with Crippen molar-refractivity contribution in [1.82, 2.24) is 16.0 Å². The Bertz CT molecular complexity index is 171. The summed E-state index contributed by atoms with van der Waals surface area (Å²) in [6.07, 6.45) is 0. The first-order chi connectivity index (χ1) is 6.16.